The number of benzene rings is 2. The van der Waals surface area contributed by atoms with Crippen LogP contribution in [0.5, 0.6) is 11.5 Å². The number of rotatable bonds is 6. The lowest BCUT2D eigenvalue weighted by molar-refractivity contribution is -0.140. The Bertz CT molecular complexity index is 964. The van der Waals surface area contributed by atoms with Crippen molar-refractivity contribution in [3.63, 3.8) is 0 Å². The van der Waals surface area contributed by atoms with Crippen LogP contribution in [-0.2, 0) is 9.59 Å². The predicted octanol–water partition coefficient (Wildman–Crippen LogP) is 2.43. The summed E-state index contributed by atoms with van der Waals surface area (Å²) in [5, 5.41) is 20.3. The van der Waals surface area contributed by atoms with E-state index < -0.39 is 17.7 Å². The minimum atomic E-state index is -0.858. The Morgan fingerprint density at radius 3 is 2.28 bits per heavy atom. The highest BCUT2D eigenvalue weighted by Crippen LogP contribution is 2.41. The number of aliphatic hydroxyl groups excluding tert-OH is 2. The second-order valence-corrected chi connectivity index (χ2v) is 6.70. The number of methoxy groups -OCH3 is 2. The van der Waals surface area contributed by atoms with E-state index in [0.29, 0.717) is 22.6 Å². The van der Waals surface area contributed by atoms with Gasteiger partial charge in [-0.05, 0) is 24.6 Å². The summed E-state index contributed by atoms with van der Waals surface area (Å²) in [7, 11) is 2.99. The van der Waals surface area contributed by atoms with Gasteiger partial charge in [-0.3, -0.25) is 9.59 Å². The molecule has 29 heavy (non-hydrogen) atoms. The first-order chi connectivity index (χ1) is 13.9. The molecule has 0 radical (unpaired) electrons. The van der Waals surface area contributed by atoms with Crippen LogP contribution in [-0.4, -0.2) is 54.2 Å². The molecule has 1 amide bonds. The fourth-order valence-electron chi connectivity index (χ4n) is 3.45. The van der Waals surface area contributed by atoms with E-state index in [1.54, 1.807) is 30.3 Å². The van der Waals surface area contributed by atoms with Crippen LogP contribution in [0.2, 0.25) is 0 Å². The van der Waals surface area contributed by atoms with Crippen LogP contribution in [0.4, 0.5) is 0 Å². The van der Waals surface area contributed by atoms with Crippen molar-refractivity contribution in [3.8, 4) is 11.5 Å². The molecule has 0 aliphatic carbocycles. The summed E-state index contributed by atoms with van der Waals surface area (Å²) in [4.78, 5) is 26.7. The maximum atomic E-state index is 12.8. The van der Waals surface area contributed by atoms with E-state index in [-0.39, 0.29) is 24.5 Å². The van der Waals surface area contributed by atoms with Crippen LogP contribution in [0.15, 0.2) is 48.0 Å². The van der Waals surface area contributed by atoms with Gasteiger partial charge in [0.25, 0.3) is 11.7 Å². The van der Waals surface area contributed by atoms with Crippen molar-refractivity contribution < 1.29 is 29.3 Å². The van der Waals surface area contributed by atoms with Gasteiger partial charge < -0.3 is 24.6 Å². The van der Waals surface area contributed by atoms with Crippen LogP contribution in [0.25, 0.3) is 5.76 Å². The SMILES string of the molecule is COc1ccc(C2C(=C(O)c3ccc(C)cc3)C(=O)C(=O)N2CCO)cc1OC. The molecular formula is C22H23NO6. The van der Waals surface area contributed by atoms with Gasteiger partial charge >= 0.3 is 0 Å². The molecule has 2 N–H and O–H groups in total. The fourth-order valence-corrected chi connectivity index (χ4v) is 3.45. The highest BCUT2D eigenvalue weighted by Gasteiger charge is 2.46. The van der Waals surface area contributed by atoms with E-state index in [0.717, 1.165) is 5.56 Å². The van der Waals surface area contributed by atoms with Gasteiger partial charge in [-0.25, -0.2) is 0 Å². The Balaban J connectivity index is 2.20. The molecule has 1 heterocycles. The Hall–Kier alpha value is -3.32. The summed E-state index contributed by atoms with van der Waals surface area (Å²) in [6.07, 6.45) is 0. The molecule has 0 aromatic heterocycles. The van der Waals surface area contributed by atoms with Gasteiger partial charge in [0.15, 0.2) is 11.5 Å². The van der Waals surface area contributed by atoms with Crippen LogP contribution >= 0.6 is 0 Å². The Morgan fingerprint density at radius 2 is 1.69 bits per heavy atom. The summed E-state index contributed by atoms with van der Waals surface area (Å²) >= 11 is 0. The number of carbonyl (C=O) groups excluding carboxylic acids is 2. The molecule has 3 rings (SSSR count). The molecule has 7 nitrogen and oxygen atoms in total. The molecule has 1 aliphatic rings. The van der Waals surface area contributed by atoms with Gasteiger partial charge in [0, 0.05) is 12.1 Å². The lowest BCUT2D eigenvalue weighted by atomic mass is 9.94. The Kier molecular flexibility index (Phi) is 5.89. The standard InChI is InChI=1S/C22H23NO6/c1-13-4-6-14(7-5-13)20(25)18-19(23(10-11-24)22(27)21(18)26)15-8-9-16(28-2)17(12-15)29-3/h4-9,12,19,24-25H,10-11H2,1-3H3. The molecule has 1 fully saturated rings. The molecule has 0 spiro atoms. The van der Waals surface area contributed by atoms with E-state index in [9.17, 15) is 19.8 Å². The van der Waals surface area contributed by atoms with Gasteiger partial charge in [0.1, 0.15) is 5.76 Å². The van der Waals surface area contributed by atoms with Gasteiger partial charge in [0.05, 0.1) is 32.4 Å². The third-order valence-electron chi connectivity index (χ3n) is 4.93. The monoisotopic (exact) mass is 397 g/mol. The summed E-state index contributed by atoms with van der Waals surface area (Å²) in [6, 6.07) is 11.2. The summed E-state index contributed by atoms with van der Waals surface area (Å²) in [6.45, 7) is 1.54. The van der Waals surface area contributed by atoms with Gasteiger partial charge in [-0.1, -0.05) is 35.9 Å². The number of Topliss-reactive ketones (excluding diaryl/α,β-unsaturated/α-hetero) is 1. The summed E-state index contributed by atoms with van der Waals surface area (Å²) < 4.78 is 10.6. The zero-order valence-corrected chi connectivity index (χ0v) is 16.5. The average molecular weight is 397 g/mol. The molecule has 2 aromatic rings. The van der Waals surface area contributed by atoms with Crippen LogP contribution in [0.3, 0.4) is 0 Å². The van der Waals surface area contributed by atoms with Crippen LogP contribution in [0, 0.1) is 6.92 Å². The zero-order valence-electron chi connectivity index (χ0n) is 16.5. The molecule has 1 aliphatic heterocycles. The topological polar surface area (TPSA) is 96.3 Å². The Labute approximate surface area is 168 Å². The summed E-state index contributed by atoms with van der Waals surface area (Å²) in [5.41, 5.74) is 1.96. The van der Waals surface area contributed by atoms with Gasteiger partial charge in [-0.15, -0.1) is 0 Å². The van der Waals surface area contributed by atoms with Gasteiger partial charge in [0.2, 0.25) is 0 Å². The van der Waals surface area contributed by atoms with Crippen molar-refractivity contribution in [2.75, 3.05) is 27.4 Å². The molecular weight excluding hydrogens is 374 g/mol. The predicted molar refractivity (Wildman–Crippen MR) is 107 cm³/mol. The first kappa shape index (κ1) is 20.4. The van der Waals surface area contributed by atoms with E-state index in [4.69, 9.17) is 9.47 Å². The maximum Gasteiger partial charge on any atom is 0.295 e. The largest absolute Gasteiger partial charge is 0.507 e. The third-order valence-corrected chi connectivity index (χ3v) is 4.93. The van der Waals surface area contributed by atoms with Crippen molar-refractivity contribution in [1.82, 2.24) is 4.90 Å². The number of likely N-dealkylation sites (tertiary alicyclic amines) is 1. The minimum Gasteiger partial charge on any atom is -0.507 e. The first-order valence-electron chi connectivity index (χ1n) is 9.11. The number of aliphatic hydroxyl groups is 2. The fraction of sp³-hybridized carbons (Fsp3) is 0.273. The second-order valence-electron chi connectivity index (χ2n) is 6.70. The smallest absolute Gasteiger partial charge is 0.295 e. The second kappa shape index (κ2) is 8.36. The molecule has 0 saturated carbocycles. The summed E-state index contributed by atoms with van der Waals surface area (Å²) in [5.74, 6) is -0.906. The van der Waals surface area contributed by atoms with Crippen LogP contribution in [0.1, 0.15) is 22.7 Å². The lowest BCUT2D eigenvalue weighted by Crippen LogP contribution is -2.32. The maximum absolute atomic E-state index is 12.8. The lowest BCUT2D eigenvalue weighted by Gasteiger charge is -2.25. The number of nitrogens with zero attached hydrogens (tertiary/aromatic N) is 1. The van der Waals surface area contributed by atoms with Crippen molar-refractivity contribution >= 4 is 17.4 Å². The highest BCUT2D eigenvalue weighted by molar-refractivity contribution is 6.46. The molecule has 2 aromatic carbocycles. The minimum absolute atomic E-state index is 0.0282. The molecule has 7 heteroatoms. The van der Waals surface area contributed by atoms with E-state index in [1.807, 2.05) is 19.1 Å². The number of β-amino-alcohol motifs (C(OH)–C–C–N with tert-alkyl or cyclic N) is 1. The normalized spacial score (nSPS) is 18.2. The first-order valence-corrected chi connectivity index (χ1v) is 9.11. The molecule has 152 valence electrons. The quantitative estimate of drug-likeness (QED) is 0.442. The van der Waals surface area contributed by atoms with E-state index in [2.05, 4.69) is 0 Å². The average Bonchev–Trinajstić information content (AvgIpc) is 2.98. The number of hydrogen-bond donors (Lipinski definition) is 2. The van der Waals surface area contributed by atoms with Crippen molar-refractivity contribution in [2.45, 2.75) is 13.0 Å². The number of aryl methyl sites for hydroxylation is 1. The van der Waals surface area contributed by atoms with Crippen molar-refractivity contribution in [2.24, 2.45) is 0 Å². The number of amides is 1. The van der Waals surface area contributed by atoms with Crippen molar-refractivity contribution in [1.29, 1.82) is 0 Å². The third kappa shape index (κ3) is 3.69. The van der Waals surface area contributed by atoms with Crippen LogP contribution < -0.4 is 9.47 Å². The van der Waals surface area contributed by atoms with Gasteiger partial charge in [-0.2, -0.15) is 0 Å². The zero-order chi connectivity index (χ0) is 21.1. The van der Waals surface area contributed by atoms with Crippen molar-refractivity contribution in [3.05, 3.63) is 64.7 Å². The number of carbonyl (C=O) groups is 2. The molecule has 1 saturated heterocycles. The van der Waals surface area contributed by atoms with E-state index in [1.165, 1.54) is 19.1 Å². The number of ketones is 1. The number of ether oxygens (including phenoxy) is 2. The highest BCUT2D eigenvalue weighted by atomic mass is 16.5. The Morgan fingerprint density at radius 1 is 1.03 bits per heavy atom. The molecule has 1 atom stereocenters. The van der Waals surface area contributed by atoms with E-state index >= 15 is 0 Å². The molecule has 1 unspecified atom stereocenters. The molecule has 0 bridgehead atoms. The number of hydrogen-bond acceptors (Lipinski definition) is 6.